The Balaban J connectivity index is 3.34. The van der Waals surface area contributed by atoms with Crippen molar-refractivity contribution in [1.82, 2.24) is 0 Å². The van der Waals surface area contributed by atoms with Crippen LogP contribution in [0.5, 0.6) is 0 Å². The Labute approximate surface area is 92.8 Å². The Hall–Kier alpha value is -0.570. The minimum atomic E-state index is -0.114. The Morgan fingerprint density at radius 3 is 2.40 bits per heavy atom. The fourth-order valence-corrected chi connectivity index (χ4v) is 1.10. The monoisotopic (exact) mass is 216 g/mol. The number of hydrogen-bond donors (Lipinski definition) is 1. The number of aliphatic hydroxyl groups excluding tert-OH is 1. The molecule has 90 valence electrons. The highest BCUT2D eigenvalue weighted by molar-refractivity contribution is 5.69. The first kappa shape index (κ1) is 14.4. The van der Waals surface area contributed by atoms with Gasteiger partial charge < -0.3 is 9.84 Å². The van der Waals surface area contributed by atoms with Gasteiger partial charge in [0.25, 0.3) is 0 Å². The van der Waals surface area contributed by atoms with Crippen molar-refractivity contribution < 1.29 is 14.6 Å². The van der Waals surface area contributed by atoms with Gasteiger partial charge in [-0.05, 0) is 24.7 Å². The standard InChI is InChI=1S/C12H24O3/c1-12(2,3)8-10-15-11(14)7-5-4-6-9-13/h13H,4-10H2,1-3H3. The molecule has 0 fully saturated rings. The van der Waals surface area contributed by atoms with Crippen LogP contribution in [0, 0.1) is 5.41 Å². The van der Waals surface area contributed by atoms with Crippen LogP contribution in [-0.4, -0.2) is 24.3 Å². The minimum Gasteiger partial charge on any atom is -0.466 e. The van der Waals surface area contributed by atoms with Crippen LogP contribution < -0.4 is 0 Å². The predicted octanol–water partition coefficient (Wildman–Crippen LogP) is 2.52. The number of rotatable bonds is 7. The quantitative estimate of drug-likeness (QED) is 0.525. The highest BCUT2D eigenvalue weighted by Gasteiger charge is 2.11. The van der Waals surface area contributed by atoms with E-state index in [0.29, 0.717) is 13.0 Å². The molecular weight excluding hydrogens is 192 g/mol. The Morgan fingerprint density at radius 1 is 1.20 bits per heavy atom. The summed E-state index contributed by atoms with van der Waals surface area (Å²) in [6, 6.07) is 0. The maximum Gasteiger partial charge on any atom is 0.305 e. The summed E-state index contributed by atoms with van der Waals surface area (Å²) in [6.07, 6.45) is 3.86. The molecule has 0 aliphatic carbocycles. The highest BCUT2D eigenvalue weighted by Crippen LogP contribution is 2.18. The van der Waals surface area contributed by atoms with Crippen molar-refractivity contribution in [1.29, 1.82) is 0 Å². The van der Waals surface area contributed by atoms with Crippen LogP contribution >= 0.6 is 0 Å². The van der Waals surface area contributed by atoms with Crippen molar-refractivity contribution in [3.63, 3.8) is 0 Å². The first-order valence-corrected chi connectivity index (χ1v) is 5.72. The van der Waals surface area contributed by atoms with Gasteiger partial charge in [-0.2, -0.15) is 0 Å². The van der Waals surface area contributed by atoms with Crippen molar-refractivity contribution in [3.8, 4) is 0 Å². The van der Waals surface area contributed by atoms with Gasteiger partial charge in [-0.3, -0.25) is 4.79 Å². The zero-order valence-corrected chi connectivity index (χ0v) is 10.2. The second kappa shape index (κ2) is 7.69. The summed E-state index contributed by atoms with van der Waals surface area (Å²) in [6.45, 7) is 7.10. The van der Waals surface area contributed by atoms with E-state index in [9.17, 15) is 4.79 Å². The Bertz CT molecular complexity index is 170. The van der Waals surface area contributed by atoms with Gasteiger partial charge >= 0.3 is 5.97 Å². The first-order chi connectivity index (χ1) is 6.95. The molecule has 0 aromatic rings. The lowest BCUT2D eigenvalue weighted by molar-refractivity contribution is -0.144. The van der Waals surface area contributed by atoms with Gasteiger partial charge in [-0.15, -0.1) is 0 Å². The van der Waals surface area contributed by atoms with Crippen LogP contribution in [-0.2, 0) is 9.53 Å². The molecule has 0 spiro atoms. The minimum absolute atomic E-state index is 0.114. The van der Waals surface area contributed by atoms with Crippen LogP contribution in [0.15, 0.2) is 0 Å². The number of esters is 1. The second-order valence-electron chi connectivity index (χ2n) is 5.07. The van der Waals surface area contributed by atoms with Crippen molar-refractivity contribution in [3.05, 3.63) is 0 Å². The number of ether oxygens (including phenoxy) is 1. The van der Waals surface area contributed by atoms with Crippen molar-refractivity contribution in [2.75, 3.05) is 13.2 Å². The molecule has 0 aliphatic rings. The number of carbonyl (C=O) groups excluding carboxylic acids is 1. The molecule has 0 saturated heterocycles. The maximum absolute atomic E-state index is 11.2. The van der Waals surface area contributed by atoms with Crippen molar-refractivity contribution in [2.45, 2.75) is 52.9 Å². The molecule has 0 amide bonds. The summed E-state index contributed by atoms with van der Waals surface area (Å²) in [5.74, 6) is -0.114. The van der Waals surface area contributed by atoms with Gasteiger partial charge in [0, 0.05) is 13.0 Å². The topological polar surface area (TPSA) is 46.5 Å². The van der Waals surface area contributed by atoms with Crippen molar-refractivity contribution in [2.24, 2.45) is 5.41 Å². The average Bonchev–Trinajstić information content (AvgIpc) is 2.10. The van der Waals surface area contributed by atoms with E-state index >= 15 is 0 Å². The Morgan fingerprint density at radius 2 is 1.87 bits per heavy atom. The number of carbonyl (C=O) groups is 1. The number of unbranched alkanes of at least 4 members (excludes halogenated alkanes) is 2. The average molecular weight is 216 g/mol. The van der Waals surface area contributed by atoms with Gasteiger partial charge in [0.2, 0.25) is 0 Å². The molecule has 1 N–H and O–H groups in total. The third-order valence-electron chi connectivity index (χ3n) is 2.15. The summed E-state index contributed by atoms with van der Waals surface area (Å²) in [5.41, 5.74) is 0.219. The van der Waals surface area contributed by atoms with E-state index in [1.54, 1.807) is 0 Å². The van der Waals surface area contributed by atoms with Crippen LogP contribution in [0.1, 0.15) is 52.9 Å². The lowest BCUT2D eigenvalue weighted by Gasteiger charge is -2.17. The first-order valence-electron chi connectivity index (χ1n) is 5.72. The smallest absolute Gasteiger partial charge is 0.305 e. The number of hydrogen-bond acceptors (Lipinski definition) is 3. The molecule has 0 heterocycles. The van der Waals surface area contributed by atoms with Crippen molar-refractivity contribution >= 4 is 5.97 Å². The van der Waals surface area contributed by atoms with E-state index in [0.717, 1.165) is 25.7 Å². The van der Waals surface area contributed by atoms with Crippen LogP contribution in [0.4, 0.5) is 0 Å². The van der Waals surface area contributed by atoms with E-state index in [1.165, 1.54) is 0 Å². The SMILES string of the molecule is CC(C)(C)CCOC(=O)CCCCCO. The molecule has 3 heteroatoms. The summed E-state index contributed by atoms with van der Waals surface area (Å²) in [4.78, 5) is 11.2. The van der Waals surface area contributed by atoms with E-state index in [-0.39, 0.29) is 18.0 Å². The predicted molar refractivity (Wildman–Crippen MR) is 60.6 cm³/mol. The van der Waals surface area contributed by atoms with Crippen LogP contribution in [0.3, 0.4) is 0 Å². The Kier molecular flexibility index (Phi) is 7.39. The van der Waals surface area contributed by atoms with Gasteiger partial charge in [-0.1, -0.05) is 27.2 Å². The molecule has 15 heavy (non-hydrogen) atoms. The summed E-state index contributed by atoms with van der Waals surface area (Å²) in [5, 5.41) is 8.55. The largest absolute Gasteiger partial charge is 0.466 e. The highest BCUT2D eigenvalue weighted by atomic mass is 16.5. The molecular formula is C12H24O3. The van der Waals surface area contributed by atoms with E-state index in [2.05, 4.69) is 20.8 Å². The molecule has 0 aromatic carbocycles. The zero-order chi connectivity index (χ0) is 11.7. The van der Waals surface area contributed by atoms with Gasteiger partial charge in [0.05, 0.1) is 6.61 Å². The van der Waals surface area contributed by atoms with Crippen LogP contribution in [0.2, 0.25) is 0 Å². The van der Waals surface area contributed by atoms with Gasteiger partial charge in [0.1, 0.15) is 0 Å². The second-order valence-corrected chi connectivity index (χ2v) is 5.07. The molecule has 0 bridgehead atoms. The summed E-state index contributed by atoms with van der Waals surface area (Å²) in [7, 11) is 0. The van der Waals surface area contributed by atoms with E-state index in [4.69, 9.17) is 9.84 Å². The summed E-state index contributed by atoms with van der Waals surface area (Å²) < 4.78 is 5.10. The molecule has 0 unspecified atom stereocenters. The number of aliphatic hydroxyl groups is 1. The van der Waals surface area contributed by atoms with Crippen LogP contribution in [0.25, 0.3) is 0 Å². The third-order valence-corrected chi connectivity index (χ3v) is 2.15. The van der Waals surface area contributed by atoms with E-state index in [1.807, 2.05) is 0 Å². The molecule has 0 atom stereocenters. The molecule has 0 aliphatic heterocycles. The molecule has 0 rings (SSSR count). The zero-order valence-electron chi connectivity index (χ0n) is 10.2. The molecule has 0 aromatic heterocycles. The van der Waals surface area contributed by atoms with Gasteiger partial charge in [0.15, 0.2) is 0 Å². The normalized spacial score (nSPS) is 11.5. The lowest BCUT2D eigenvalue weighted by Crippen LogP contribution is -2.13. The fraction of sp³-hybridized carbons (Fsp3) is 0.917. The summed E-state index contributed by atoms with van der Waals surface area (Å²) >= 11 is 0. The fourth-order valence-electron chi connectivity index (χ4n) is 1.10. The lowest BCUT2D eigenvalue weighted by atomic mass is 9.93. The molecule has 0 radical (unpaired) electrons. The van der Waals surface area contributed by atoms with E-state index < -0.39 is 0 Å². The maximum atomic E-state index is 11.2. The third kappa shape index (κ3) is 11.4. The molecule has 3 nitrogen and oxygen atoms in total. The van der Waals surface area contributed by atoms with Gasteiger partial charge in [-0.25, -0.2) is 0 Å². The molecule has 0 saturated carbocycles.